The number of amides is 1. The second-order valence-corrected chi connectivity index (χ2v) is 5.27. The Hall–Kier alpha value is -1.99. The predicted molar refractivity (Wildman–Crippen MR) is 81.7 cm³/mol. The van der Waals surface area contributed by atoms with Crippen LogP contribution in [-0.4, -0.2) is 54.8 Å². The molecule has 0 aliphatic carbocycles. The number of nitrogens with zero attached hydrogens (tertiary/aromatic N) is 1. The fourth-order valence-electron chi connectivity index (χ4n) is 1.94. The van der Waals surface area contributed by atoms with Crippen LogP contribution in [0.3, 0.4) is 0 Å². The summed E-state index contributed by atoms with van der Waals surface area (Å²) >= 11 is 0. The number of carboxylic acids is 1. The first-order valence-corrected chi connectivity index (χ1v) is 7.24. The van der Waals surface area contributed by atoms with Crippen molar-refractivity contribution >= 4 is 11.9 Å². The van der Waals surface area contributed by atoms with E-state index >= 15 is 0 Å². The molecule has 0 atom stereocenters. The zero-order valence-electron chi connectivity index (χ0n) is 13.5. The second kappa shape index (κ2) is 9.22. The van der Waals surface area contributed by atoms with Crippen molar-refractivity contribution in [2.24, 2.45) is 0 Å². The summed E-state index contributed by atoms with van der Waals surface area (Å²) in [5.41, 5.74) is 0.470. The maximum Gasteiger partial charge on any atom is 0.323 e. The quantitative estimate of drug-likeness (QED) is 0.701. The summed E-state index contributed by atoms with van der Waals surface area (Å²) in [5.74, 6) is -2.04. The van der Waals surface area contributed by atoms with Crippen molar-refractivity contribution in [3.63, 3.8) is 0 Å². The van der Waals surface area contributed by atoms with Crippen molar-refractivity contribution in [1.29, 1.82) is 0 Å². The summed E-state index contributed by atoms with van der Waals surface area (Å²) in [6.07, 6.45) is 0. The minimum absolute atomic E-state index is 0.0108. The summed E-state index contributed by atoms with van der Waals surface area (Å²) in [4.78, 5) is 24.5. The number of aliphatic carboxylic acids is 1. The van der Waals surface area contributed by atoms with Gasteiger partial charge in [0.05, 0.1) is 19.8 Å². The summed E-state index contributed by atoms with van der Waals surface area (Å²) in [6.45, 7) is 3.74. The smallest absolute Gasteiger partial charge is 0.323 e. The van der Waals surface area contributed by atoms with Crippen LogP contribution in [0.2, 0.25) is 0 Å². The van der Waals surface area contributed by atoms with Gasteiger partial charge in [0.25, 0.3) is 5.91 Å². The Bertz CT molecular complexity index is 547. The van der Waals surface area contributed by atoms with Crippen molar-refractivity contribution in [3.05, 3.63) is 35.1 Å². The van der Waals surface area contributed by atoms with Crippen molar-refractivity contribution in [3.8, 4) is 0 Å². The minimum Gasteiger partial charge on any atom is -0.480 e. The zero-order chi connectivity index (χ0) is 17.4. The van der Waals surface area contributed by atoms with E-state index in [-0.39, 0.29) is 23.8 Å². The number of carboxylic acid groups (broad SMARTS) is 1. The minimum atomic E-state index is -1.10. The highest BCUT2D eigenvalue weighted by Crippen LogP contribution is 2.15. The van der Waals surface area contributed by atoms with Crippen LogP contribution >= 0.6 is 0 Å². The van der Waals surface area contributed by atoms with Crippen molar-refractivity contribution in [2.75, 3.05) is 26.9 Å². The van der Waals surface area contributed by atoms with Gasteiger partial charge in [-0.05, 0) is 32.0 Å². The van der Waals surface area contributed by atoms with Gasteiger partial charge in [0.15, 0.2) is 0 Å². The largest absolute Gasteiger partial charge is 0.480 e. The van der Waals surface area contributed by atoms with E-state index in [1.165, 1.54) is 30.2 Å². The molecule has 1 rings (SSSR count). The second-order valence-electron chi connectivity index (χ2n) is 5.27. The van der Waals surface area contributed by atoms with E-state index in [1.54, 1.807) is 13.8 Å². The first-order valence-electron chi connectivity index (χ1n) is 7.24. The third-order valence-electron chi connectivity index (χ3n) is 3.17. The maximum atomic E-state index is 13.8. The van der Waals surface area contributed by atoms with Crippen molar-refractivity contribution in [1.82, 2.24) is 4.90 Å². The molecule has 7 heteroatoms. The third kappa shape index (κ3) is 5.96. The lowest BCUT2D eigenvalue weighted by molar-refractivity contribution is -0.138. The molecule has 23 heavy (non-hydrogen) atoms. The first-order chi connectivity index (χ1) is 10.9. The molecule has 1 N–H and O–H groups in total. The molecule has 0 spiro atoms. The van der Waals surface area contributed by atoms with Gasteiger partial charge in [-0.25, -0.2) is 4.39 Å². The number of hydrogen-bond acceptors (Lipinski definition) is 4. The number of carbonyl (C=O) groups is 2. The number of methoxy groups -OCH3 is 1. The van der Waals surface area contributed by atoms with Gasteiger partial charge in [-0.2, -0.15) is 0 Å². The first kappa shape index (κ1) is 19.1. The van der Waals surface area contributed by atoms with Gasteiger partial charge in [0.1, 0.15) is 12.4 Å². The molecular formula is C16H22FNO5. The van der Waals surface area contributed by atoms with E-state index in [9.17, 15) is 14.0 Å². The number of carbonyl (C=O) groups excluding carboxylic acids is 1. The molecule has 0 bridgehead atoms. The van der Waals surface area contributed by atoms with Gasteiger partial charge in [-0.1, -0.05) is 0 Å². The summed E-state index contributed by atoms with van der Waals surface area (Å²) in [5, 5.41) is 8.91. The highest BCUT2D eigenvalue weighted by atomic mass is 19.1. The summed E-state index contributed by atoms with van der Waals surface area (Å²) in [6, 6.07) is 3.63. The van der Waals surface area contributed by atoms with Crippen LogP contribution in [0, 0.1) is 5.82 Å². The van der Waals surface area contributed by atoms with Crippen LogP contribution < -0.4 is 0 Å². The number of rotatable bonds is 9. The van der Waals surface area contributed by atoms with Gasteiger partial charge in [0.2, 0.25) is 0 Å². The van der Waals surface area contributed by atoms with Crippen LogP contribution in [0.4, 0.5) is 4.39 Å². The fraction of sp³-hybridized carbons (Fsp3) is 0.500. The van der Waals surface area contributed by atoms with Gasteiger partial charge in [0, 0.05) is 24.3 Å². The Morgan fingerprint density at radius 2 is 2.00 bits per heavy atom. The zero-order valence-corrected chi connectivity index (χ0v) is 13.5. The van der Waals surface area contributed by atoms with Gasteiger partial charge >= 0.3 is 5.97 Å². The number of ether oxygens (including phenoxy) is 2. The molecule has 6 nitrogen and oxygen atoms in total. The fourth-order valence-corrected chi connectivity index (χ4v) is 1.94. The molecule has 0 unspecified atom stereocenters. The van der Waals surface area contributed by atoms with Gasteiger partial charge in [-0.3, -0.25) is 9.59 Å². The Morgan fingerprint density at radius 1 is 1.30 bits per heavy atom. The molecule has 0 radical (unpaired) electrons. The molecule has 0 fully saturated rings. The molecule has 1 aromatic rings. The number of halogens is 1. The lowest BCUT2D eigenvalue weighted by Crippen LogP contribution is -2.40. The summed E-state index contributed by atoms with van der Waals surface area (Å²) < 4.78 is 23.9. The van der Waals surface area contributed by atoms with E-state index in [2.05, 4.69) is 0 Å². The van der Waals surface area contributed by atoms with Crippen molar-refractivity contribution < 1.29 is 28.6 Å². The molecular weight excluding hydrogens is 305 g/mol. The number of hydrogen-bond donors (Lipinski definition) is 1. The molecule has 1 aromatic carbocycles. The van der Waals surface area contributed by atoms with Gasteiger partial charge in [-0.15, -0.1) is 0 Å². The van der Waals surface area contributed by atoms with E-state index in [1.807, 2.05) is 0 Å². The molecule has 1 amide bonds. The highest BCUT2D eigenvalue weighted by molar-refractivity contribution is 5.96. The maximum absolute atomic E-state index is 13.8. The molecule has 0 saturated carbocycles. The van der Waals surface area contributed by atoms with Crippen LogP contribution in [0.25, 0.3) is 0 Å². The van der Waals surface area contributed by atoms with Crippen LogP contribution in [0.1, 0.15) is 29.8 Å². The SMILES string of the molecule is COCCOCc1cc(C(=O)N(CC(=O)O)C(C)C)ccc1F. The topological polar surface area (TPSA) is 76.1 Å². The molecule has 0 aliphatic rings. The molecule has 0 aliphatic heterocycles. The average Bonchev–Trinajstić information content (AvgIpc) is 2.49. The molecule has 0 aromatic heterocycles. The Kier molecular flexibility index (Phi) is 7.64. The predicted octanol–water partition coefficient (Wildman–Crippen LogP) is 1.92. The number of benzene rings is 1. The van der Waals surface area contributed by atoms with E-state index in [0.29, 0.717) is 13.2 Å². The highest BCUT2D eigenvalue weighted by Gasteiger charge is 2.22. The van der Waals surface area contributed by atoms with E-state index in [4.69, 9.17) is 14.6 Å². The molecule has 0 heterocycles. The van der Waals surface area contributed by atoms with Gasteiger partial charge < -0.3 is 19.5 Å². The lowest BCUT2D eigenvalue weighted by Gasteiger charge is -2.25. The lowest BCUT2D eigenvalue weighted by atomic mass is 10.1. The monoisotopic (exact) mass is 327 g/mol. The molecule has 0 saturated heterocycles. The standard InChI is InChI=1S/C16H22FNO5/c1-11(2)18(9-15(19)20)16(21)12-4-5-14(17)13(8-12)10-23-7-6-22-3/h4-5,8,11H,6-7,9-10H2,1-3H3,(H,19,20). The Labute approximate surface area is 134 Å². The normalized spacial score (nSPS) is 10.8. The van der Waals surface area contributed by atoms with E-state index in [0.717, 1.165) is 0 Å². The average molecular weight is 327 g/mol. The van der Waals surface area contributed by atoms with Crippen molar-refractivity contribution in [2.45, 2.75) is 26.5 Å². The third-order valence-corrected chi connectivity index (χ3v) is 3.17. The van der Waals surface area contributed by atoms with Crippen LogP contribution in [-0.2, 0) is 20.9 Å². The summed E-state index contributed by atoms with van der Waals surface area (Å²) in [7, 11) is 1.53. The van der Waals surface area contributed by atoms with Crippen LogP contribution in [0.5, 0.6) is 0 Å². The Morgan fingerprint density at radius 3 is 2.57 bits per heavy atom. The van der Waals surface area contributed by atoms with E-state index < -0.39 is 24.2 Å². The Balaban J connectivity index is 2.89. The van der Waals surface area contributed by atoms with Crippen LogP contribution in [0.15, 0.2) is 18.2 Å². The molecule has 128 valence electrons.